The van der Waals surface area contributed by atoms with Crippen LogP contribution in [-0.4, -0.2) is 17.9 Å². The molecule has 3 nitrogen and oxygen atoms in total. The molecule has 0 saturated carbocycles. The molecule has 0 radical (unpaired) electrons. The highest BCUT2D eigenvalue weighted by atomic mass is 35.5. The van der Waals surface area contributed by atoms with Crippen LogP contribution in [0, 0.1) is 12.7 Å². The number of pyridine rings is 1. The van der Waals surface area contributed by atoms with Crippen molar-refractivity contribution in [3.05, 3.63) is 58.6 Å². The number of aryl methyl sites for hydroxylation is 1. The first kappa shape index (κ1) is 13.5. The van der Waals surface area contributed by atoms with Crippen molar-refractivity contribution in [3.63, 3.8) is 0 Å². The number of aromatic nitrogens is 1. The van der Waals surface area contributed by atoms with Gasteiger partial charge in [-0.25, -0.2) is 4.39 Å². The lowest BCUT2D eigenvalue weighted by Crippen LogP contribution is -2.26. The van der Waals surface area contributed by atoms with E-state index in [1.165, 1.54) is 35.4 Å². The molecular formula is C14H12ClFN2O. The van der Waals surface area contributed by atoms with Crippen molar-refractivity contribution in [2.75, 3.05) is 11.9 Å². The first-order valence-corrected chi connectivity index (χ1v) is 6.02. The molecule has 0 N–H and O–H groups in total. The Hall–Kier alpha value is -1.94. The molecule has 0 bridgehead atoms. The predicted molar refractivity (Wildman–Crippen MR) is 73.1 cm³/mol. The number of halogens is 2. The lowest BCUT2D eigenvalue weighted by Gasteiger charge is -2.17. The largest absolute Gasteiger partial charge is 0.311 e. The number of rotatable bonds is 2. The molecule has 0 saturated heterocycles. The number of nitrogens with zero attached hydrogens (tertiary/aromatic N) is 2. The van der Waals surface area contributed by atoms with Gasteiger partial charge in [0.1, 0.15) is 5.82 Å². The first-order valence-electron chi connectivity index (χ1n) is 5.65. The zero-order valence-corrected chi connectivity index (χ0v) is 11.3. The Morgan fingerprint density at radius 2 is 1.95 bits per heavy atom. The highest BCUT2D eigenvalue weighted by molar-refractivity contribution is 6.34. The summed E-state index contributed by atoms with van der Waals surface area (Å²) in [6, 6.07) is 7.29. The maximum absolute atomic E-state index is 12.8. The van der Waals surface area contributed by atoms with E-state index in [4.69, 9.17) is 11.6 Å². The van der Waals surface area contributed by atoms with E-state index in [0.29, 0.717) is 16.3 Å². The minimum Gasteiger partial charge on any atom is -0.311 e. The van der Waals surface area contributed by atoms with Crippen LogP contribution in [0.3, 0.4) is 0 Å². The summed E-state index contributed by atoms with van der Waals surface area (Å²) < 4.78 is 12.8. The smallest absolute Gasteiger partial charge is 0.261 e. The maximum Gasteiger partial charge on any atom is 0.261 e. The van der Waals surface area contributed by atoms with Gasteiger partial charge in [-0.2, -0.15) is 0 Å². The molecule has 98 valence electrons. The fourth-order valence-electron chi connectivity index (χ4n) is 1.65. The van der Waals surface area contributed by atoms with Gasteiger partial charge in [0.05, 0.1) is 10.6 Å². The Balaban J connectivity index is 2.30. The fourth-order valence-corrected chi connectivity index (χ4v) is 1.93. The van der Waals surface area contributed by atoms with Gasteiger partial charge in [0, 0.05) is 24.6 Å². The van der Waals surface area contributed by atoms with Crippen molar-refractivity contribution in [1.29, 1.82) is 0 Å². The Labute approximate surface area is 115 Å². The Morgan fingerprint density at radius 1 is 1.32 bits per heavy atom. The van der Waals surface area contributed by atoms with Gasteiger partial charge in [0.2, 0.25) is 0 Å². The molecule has 2 aromatic rings. The monoisotopic (exact) mass is 278 g/mol. The molecule has 0 atom stereocenters. The van der Waals surface area contributed by atoms with E-state index in [9.17, 15) is 9.18 Å². The van der Waals surface area contributed by atoms with Gasteiger partial charge in [0.25, 0.3) is 5.91 Å². The van der Waals surface area contributed by atoms with Crippen LogP contribution in [0.1, 0.15) is 16.1 Å². The summed E-state index contributed by atoms with van der Waals surface area (Å²) in [4.78, 5) is 17.7. The maximum atomic E-state index is 12.8. The molecule has 0 aliphatic carbocycles. The molecule has 1 heterocycles. The second-order valence-corrected chi connectivity index (χ2v) is 4.55. The molecule has 1 aromatic carbocycles. The summed E-state index contributed by atoms with van der Waals surface area (Å²) in [6.45, 7) is 1.80. The number of hydrogen-bond acceptors (Lipinski definition) is 2. The van der Waals surface area contributed by atoms with E-state index in [0.717, 1.165) is 5.69 Å². The quantitative estimate of drug-likeness (QED) is 0.843. The second-order valence-electron chi connectivity index (χ2n) is 4.15. The molecular weight excluding hydrogens is 267 g/mol. The molecule has 0 fully saturated rings. The standard InChI is InChI=1S/C14H12ClFN2O/c1-9-7-13(15)12(8-17-9)14(19)18(2)11-5-3-10(16)4-6-11/h3-8H,1-2H3. The van der Waals surface area contributed by atoms with Gasteiger partial charge in [-0.3, -0.25) is 9.78 Å². The first-order chi connectivity index (χ1) is 8.99. The van der Waals surface area contributed by atoms with E-state index in [2.05, 4.69) is 4.98 Å². The van der Waals surface area contributed by atoms with Crippen molar-refractivity contribution in [2.24, 2.45) is 0 Å². The summed E-state index contributed by atoms with van der Waals surface area (Å²) in [5.74, 6) is -0.635. The summed E-state index contributed by atoms with van der Waals surface area (Å²) in [5, 5.41) is 0.353. The van der Waals surface area contributed by atoms with Crippen LogP contribution in [0.25, 0.3) is 0 Å². The predicted octanol–water partition coefficient (Wildman–Crippen LogP) is 3.46. The molecule has 5 heteroatoms. The van der Waals surface area contributed by atoms with Gasteiger partial charge in [0.15, 0.2) is 0 Å². The van der Waals surface area contributed by atoms with Crippen molar-refractivity contribution >= 4 is 23.2 Å². The van der Waals surface area contributed by atoms with Crippen LogP contribution >= 0.6 is 11.6 Å². The molecule has 19 heavy (non-hydrogen) atoms. The number of amides is 1. The molecule has 0 spiro atoms. The van der Waals surface area contributed by atoms with Gasteiger partial charge >= 0.3 is 0 Å². The SMILES string of the molecule is Cc1cc(Cl)c(C(=O)N(C)c2ccc(F)cc2)cn1. The Kier molecular flexibility index (Phi) is 3.81. The zero-order chi connectivity index (χ0) is 14.0. The van der Waals surface area contributed by atoms with E-state index < -0.39 is 0 Å². The minimum atomic E-state index is -0.348. The molecule has 1 amide bonds. The third-order valence-electron chi connectivity index (χ3n) is 2.74. The normalized spacial score (nSPS) is 10.3. The summed E-state index contributed by atoms with van der Waals surface area (Å²) in [6.07, 6.45) is 1.44. The van der Waals surface area contributed by atoms with Gasteiger partial charge in [-0.05, 0) is 37.3 Å². The fraction of sp³-hybridized carbons (Fsp3) is 0.143. The third-order valence-corrected chi connectivity index (χ3v) is 3.05. The van der Waals surface area contributed by atoms with Crippen molar-refractivity contribution in [2.45, 2.75) is 6.92 Å². The van der Waals surface area contributed by atoms with E-state index >= 15 is 0 Å². The number of carbonyl (C=O) groups is 1. The van der Waals surface area contributed by atoms with E-state index in [-0.39, 0.29) is 11.7 Å². The lowest BCUT2D eigenvalue weighted by molar-refractivity contribution is 0.0993. The van der Waals surface area contributed by atoms with Gasteiger partial charge in [-0.15, -0.1) is 0 Å². The van der Waals surface area contributed by atoms with Crippen LogP contribution in [0.15, 0.2) is 36.5 Å². The van der Waals surface area contributed by atoms with Gasteiger partial charge < -0.3 is 4.90 Å². The average Bonchev–Trinajstić information content (AvgIpc) is 2.38. The van der Waals surface area contributed by atoms with Crippen LogP contribution in [-0.2, 0) is 0 Å². The van der Waals surface area contributed by atoms with Gasteiger partial charge in [-0.1, -0.05) is 11.6 Å². The molecule has 0 aliphatic rings. The molecule has 1 aromatic heterocycles. The molecule has 0 aliphatic heterocycles. The number of benzene rings is 1. The van der Waals surface area contributed by atoms with Crippen molar-refractivity contribution in [1.82, 2.24) is 4.98 Å². The number of anilines is 1. The van der Waals surface area contributed by atoms with Crippen LogP contribution < -0.4 is 4.90 Å². The van der Waals surface area contributed by atoms with E-state index in [1.807, 2.05) is 0 Å². The van der Waals surface area contributed by atoms with Crippen LogP contribution in [0.2, 0.25) is 5.02 Å². The average molecular weight is 279 g/mol. The van der Waals surface area contributed by atoms with Crippen molar-refractivity contribution in [3.8, 4) is 0 Å². The topological polar surface area (TPSA) is 33.2 Å². The highest BCUT2D eigenvalue weighted by Crippen LogP contribution is 2.21. The third kappa shape index (κ3) is 2.90. The lowest BCUT2D eigenvalue weighted by atomic mass is 10.2. The van der Waals surface area contributed by atoms with Crippen LogP contribution in [0.4, 0.5) is 10.1 Å². The second kappa shape index (κ2) is 5.36. The number of carbonyl (C=O) groups excluding carboxylic acids is 1. The number of hydrogen-bond donors (Lipinski definition) is 0. The molecule has 0 unspecified atom stereocenters. The zero-order valence-electron chi connectivity index (χ0n) is 10.5. The minimum absolute atomic E-state index is 0.288. The molecule has 2 rings (SSSR count). The summed E-state index contributed by atoms with van der Waals surface area (Å²) in [7, 11) is 1.60. The van der Waals surface area contributed by atoms with Crippen molar-refractivity contribution < 1.29 is 9.18 Å². The summed E-state index contributed by atoms with van der Waals surface area (Å²) in [5.41, 5.74) is 1.65. The summed E-state index contributed by atoms with van der Waals surface area (Å²) >= 11 is 6.03. The highest BCUT2D eigenvalue weighted by Gasteiger charge is 2.17. The van der Waals surface area contributed by atoms with Crippen LogP contribution in [0.5, 0.6) is 0 Å². The Bertz CT molecular complexity index is 613. The van der Waals surface area contributed by atoms with E-state index in [1.54, 1.807) is 20.0 Å². The Morgan fingerprint density at radius 3 is 2.53 bits per heavy atom.